The molecule has 0 bridgehead atoms. The lowest BCUT2D eigenvalue weighted by Gasteiger charge is -2.18. The topological polar surface area (TPSA) is 0 Å². The molecule has 0 unspecified atom stereocenters. The summed E-state index contributed by atoms with van der Waals surface area (Å²) in [5, 5.41) is 0. The van der Waals surface area contributed by atoms with E-state index in [-0.39, 0.29) is 5.41 Å². The van der Waals surface area contributed by atoms with Gasteiger partial charge in [0.2, 0.25) is 0 Å². The summed E-state index contributed by atoms with van der Waals surface area (Å²) in [6, 6.07) is 19.3. The molecule has 0 heterocycles. The van der Waals surface area contributed by atoms with Crippen molar-refractivity contribution in [3.8, 4) is 0 Å². The van der Waals surface area contributed by atoms with Crippen LogP contribution in [-0.4, -0.2) is 0 Å². The van der Waals surface area contributed by atoms with Crippen molar-refractivity contribution in [1.82, 2.24) is 0 Å². The lowest BCUT2D eigenvalue weighted by Crippen LogP contribution is -2.10. The molecule has 0 nitrogen and oxygen atoms in total. The van der Waals surface area contributed by atoms with Crippen LogP contribution >= 0.6 is 22.6 Å². The molecule has 0 atom stereocenters. The van der Waals surface area contributed by atoms with E-state index >= 15 is 0 Å². The number of benzene rings is 2. The van der Waals surface area contributed by atoms with Gasteiger partial charge in [-0.25, -0.2) is 0 Å². The Bertz CT molecular complexity index is 492. The summed E-state index contributed by atoms with van der Waals surface area (Å²) >= 11 is 2.32. The van der Waals surface area contributed by atoms with E-state index in [4.69, 9.17) is 0 Å². The lowest BCUT2D eigenvalue weighted by molar-refractivity contribution is 0.590. The summed E-state index contributed by atoms with van der Waals surface area (Å²) in [6.45, 7) is 8.92. The van der Waals surface area contributed by atoms with Gasteiger partial charge in [-0.15, -0.1) is 0 Å². The predicted molar refractivity (Wildman–Crippen MR) is 103 cm³/mol. The first kappa shape index (κ1) is 18.2. The van der Waals surface area contributed by atoms with E-state index < -0.39 is 0 Å². The summed E-state index contributed by atoms with van der Waals surface area (Å²) in [6.07, 6.45) is 3.83. The SMILES string of the molecule is CC(C)(C)c1ccc(I)cc1.CCCCc1ccccc1. The van der Waals surface area contributed by atoms with E-state index in [1.165, 1.54) is 34.0 Å². The highest BCUT2D eigenvalue weighted by atomic mass is 127. The van der Waals surface area contributed by atoms with Gasteiger partial charge in [-0.05, 0) is 64.1 Å². The number of halogens is 1. The molecule has 0 spiro atoms. The third-order valence-corrected chi connectivity index (χ3v) is 4.09. The van der Waals surface area contributed by atoms with Crippen LogP contribution in [0.4, 0.5) is 0 Å². The van der Waals surface area contributed by atoms with Crippen molar-refractivity contribution in [3.05, 3.63) is 69.3 Å². The highest BCUT2D eigenvalue weighted by molar-refractivity contribution is 14.1. The van der Waals surface area contributed by atoms with Crippen molar-refractivity contribution in [3.63, 3.8) is 0 Å². The Kier molecular flexibility index (Phi) is 8.02. The van der Waals surface area contributed by atoms with Crippen LogP contribution in [0.5, 0.6) is 0 Å². The molecule has 0 saturated heterocycles. The summed E-state index contributed by atoms with van der Waals surface area (Å²) < 4.78 is 1.30. The Morgan fingerprint density at radius 1 is 0.857 bits per heavy atom. The molecule has 2 aromatic carbocycles. The van der Waals surface area contributed by atoms with Gasteiger partial charge in [0.25, 0.3) is 0 Å². The van der Waals surface area contributed by atoms with E-state index in [9.17, 15) is 0 Å². The van der Waals surface area contributed by atoms with Gasteiger partial charge in [0.1, 0.15) is 0 Å². The zero-order valence-electron chi connectivity index (χ0n) is 13.7. The first-order valence-corrected chi connectivity index (χ1v) is 8.81. The molecule has 114 valence electrons. The van der Waals surface area contributed by atoms with Gasteiger partial charge in [-0.2, -0.15) is 0 Å². The zero-order chi connectivity index (χ0) is 15.7. The normalized spacial score (nSPS) is 10.7. The molecule has 0 amide bonds. The average molecular weight is 394 g/mol. The van der Waals surface area contributed by atoms with Crippen molar-refractivity contribution in [1.29, 1.82) is 0 Å². The van der Waals surface area contributed by atoms with Gasteiger partial charge in [0.15, 0.2) is 0 Å². The van der Waals surface area contributed by atoms with E-state index in [1.54, 1.807) is 0 Å². The Morgan fingerprint density at radius 2 is 1.43 bits per heavy atom. The quantitative estimate of drug-likeness (QED) is 0.514. The average Bonchev–Trinajstić information content (AvgIpc) is 2.46. The predicted octanol–water partition coefficient (Wildman–Crippen LogP) is 6.62. The van der Waals surface area contributed by atoms with Gasteiger partial charge < -0.3 is 0 Å². The Balaban J connectivity index is 0.000000211. The van der Waals surface area contributed by atoms with Crippen molar-refractivity contribution < 1.29 is 0 Å². The molecule has 0 aliphatic heterocycles. The van der Waals surface area contributed by atoms with Crippen LogP contribution in [0.1, 0.15) is 51.7 Å². The molecule has 1 heteroatoms. The maximum Gasteiger partial charge on any atom is 0.0130 e. The fourth-order valence-corrected chi connectivity index (χ4v) is 2.34. The minimum atomic E-state index is 0.282. The van der Waals surface area contributed by atoms with Crippen LogP contribution in [0.3, 0.4) is 0 Å². The Morgan fingerprint density at radius 3 is 1.90 bits per heavy atom. The third-order valence-electron chi connectivity index (χ3n) is 3.37. The van der Waals surface area contributed by atoms with Crippen LogP contribution in [0.15, 0.2) is 54.6 Å². The molecule has 0 fully saturated rings. The Hall–Kier alpha value is -0.830. The summed E-state index contributed by atoms with van der Waals surface area (Å²) in [4.78, 5) is 0. The fourth-order valence-electron chi connectivity index (χ4n) is 1.98. The molecule has 0 aromatic heterocycles. The highest BCUT2D eigenvalue weighted by Gasteiger charge is 2.12. The van der Waals surface area contributed by atoms with Crippen molar-refractivity contribution in [2.75, 3.05) is 0 Å². The van der Waals surface area contributed by atoms with Crippen molar-refractivity contribution >= 4 is 22.6 Å². The summed E-state index contributed by atoms with van der Waals surface area (Å²) in [5.41, 5.74) is 3.15. The summed E-state index contributed by atoms with van der Waals surface area (Å²) in [7, 11) is 0. The molecule has 0 N–H and O–H groups in total. The number of aryl methyl sites for hydroxylation is 1. The van der Waals surface area contributed by atoms with Crippen LogP contribution < -0.4 is 0 Å². The van der Waals surface area contributed by atoms with Crippen LogP contribution in [0, 0.1) is 3.57 Å². The maximum absolute atomic E-state index is 2.32. The Labute approximate surface area is 144 Å². The standard InChI is InChI=1S/C10H13I.C10H14/c1-10(2,3)8-4-6-9(11)7-5-8;1-2-3-7-10-8-5-4-6-9-10/h4-7H,1-3H3;4-6,8-9H,2-3,7H2,1H3. The molecule has 21 heavy (non-hydrogen) atoms. The monoisotopic (exact) mass is 394 g/mol. The van der Waals surface area contributed by atoms with E-state index in [0.717, 1.165) is 0 Å². The molecule has 2 aromatic rings. The van der Waals surface area contributed by atoms with Gasteiger partial charge in [0.05, 0.1) is 0 Å². The minimum Gasteiger partial charge on any atom is -0.0654 e. The number of hydrogen-bond donors (Lipinski definition) is 0. The van der Waals surface area contributed by atoms with Crippen molar-refractivity contribution in [2.45, 2.75) is 52.4 Å². The summed E-state index contributed by atoms with van der Waals surface area (Å²) in [5.74, 6) is 0. The fraction of sp³-hybridized carbons (Fsp3) is 0.400. The smallest absolute Gasteiger partial charge is 0.0130 e. The van der Waals surface area contributed by atoms with Crippen molar-refractivity contribution in [2.24, 2.45) is 0 Å². The first-order valence-electron chi connectivity index (χ1n) is 7.73. The van der Waals surface area contributed by atoms with Gasteiger partial charge in [-0.3, -0.25) is 0 Å². The highest BCUT2D eigenvalue weighted by Crippen LogP contribution is 2.22. The molecular formula is C20H27I. The third kappa shape index (κ3) is 7.66. The van der Waals surface area contributed by atoms with Gasteiger partial charge in [0, 0.05) is 3.57 Å². The van der Waals surface area contributed by atoms with E-state index in [2.05, 4.69) is 105 Å². The molecular weight excluding hydrogens is 367 g/mol. The van der Waals surface area contributed by atoms with Crippen LogP contribution in [-0.2, 0) is 11.8 Å². The number of rotatable bonds is 3. The van der Waals surface area contributed by atoms with Crippen LogP contribution in [0.25, 0.3) is 0 Å². The molecule has 2 rings (SSSR count). The van der Waals surface area contributed by atoms with Gasteiger partial charge in [-0.1, -0.05) is 76.6 Å². The molecule has 0 radical (unpaired) electrons. The van der Waals surface area contributed by atoms with E-state index in [0.29, 0.717) is 0 Å². The second kappa shape index (κ2) is 9.24. The van der Waals surface area contributed by atoms with Crippen LogP contribution in [0.2, 0.25) is 0 Å². The first-order chi connectivity index (χ1) is 9.93. The second-order valence-corrected chi connectivity index (χ2v) is 7.59. The minimum absolute atomic E-state index is 0.282. The zero-order valence-corrected chi connectivity index (χ0v) is 15.9. The number of unbranched alkanes of at least 4 members (excludes halogenated alkanes) is 1. The maximum atomic E-state index is 2.32. The lowest BCUT2D eigenvalue weighted by atomic mass is 9.87. The van der Waals surface area contributed by atoms with E-state index in [1.807, 2.05) is 0 Å². The van der Waals surface area contributed by atoms with Gasteiger partial charge >= 0.3 is 0 Å². The second-order valence-electron chi connectivity index (χ2n) is 6.35. The molecule has 0 aliphatic carbocycles. The molecule has 0 saturated carbocycles. The number of hydrogen-bond acceptors (Lipinski definition) is 0. The largest absolute Gasteiger partial charge is 0.0654 e. The molecule has 0 aliphatic rings.